The van der Waals surface area contributed by atoms with Crippen molar-refractivity contribution in [2.24, 2.45) is 0 Å². The van der Waals surface area contributed by atoms with E-state index in [4.69, 9.17) is 0 Å². The lowest BCUT2D eigenvalue weighted by molar-refractivity contribution is 0.102. The molecule has 1 amide bonds. The molecule has 0 aliphatic heterocycles. The predicted octanol–water partition coefficient (Wildman–Crippen LogP) is 3.82. The summed E-state index contributed by atoms with van der Waals surface area (Å²) < 4.78 is 0.693. The van der Waals surface area contributed by atoms with E-state index in [9.17, 15) is 4.79 Å². The molecule has 18 heavy (non-hydrogen) atoms. The maximum Gasteiger partial charge on any atom is 0.256 e. The van der Waals surface area contributed by atoms with Crippen molar-refractivity contribution in [3.8, 4) is 0 Å². The topological polar surface area (TPSA) is 42.0 Å². The van der Waals surface area contributed by atoms with E-state index >= 15 is 0 Å². The minimum Gasteiger partial charge on any atom is -0.307 e. The third kappa shape index (κ3) is 3.34. The zero-order valence-electron chi connectivity index (χ0n) is 9.68. The van der Waals surface area contributed by atoms with Crippen molar-refractivity contribution >= 4 is 39.4 Å². The number of nitrogens with zero attached hydrogens (tertiary/aromatic N) is 1. The van der Waals surface area contributed by atoms with Crippen LogP contribution in [0.25, 0.3) is 0 Å². The first-order valence-electron chi connectivity index (χ1n) is 5.27. The van der Waals surface area contributed by atoms with Gasteiger partial charge in [0.1, 0.15) is 10.4 Å². The van der Waals surface area contributed by atoms with E-state index in [1.807, 2.05) is 30.5 Å². The number of thioether (sulfide) groups is 1. The molecule has 1 aromatic heterocycles. The van der Waals surface area contributed by atoms with Gasteiger partial charge in [0, 0.05) is 10.5 Å². The van der Waals surface area contributed by atoms with Crippen molar-refractivity contribution in [3.63, 3.8) is 0 Å². The molecule has 0 aliphatic carbocycles. The highest BCUT2D eigenvalue weighted by Crippen LogP contribution is 2.16. The second-order valence-electron chi connectivity index (χ2n) is 3.53. The fourth-order valence-corrected chi connectivity index (χ4v) is 2.16. The third-order valence-electron chi connectivity index (χ3n) is 2.31. The molecule has 0 saturated heterocycles. The van der Waals surface area contributed by atoms with Gasteiger partial charge in [-0.2, -0.15) is 0 Å². The number of carbonyl (C=O) groups excluding carboxylic acids is 1. The van der Waals surface area contributed by atoms with Crippen molar-refractivity contribution in [3.05, 3.63) is 52.6 Å². The second-order valence-corrected chi connectivity index (χ2v) is 5.22. The van der Waals surface area contributed by atoms with Crippen LogP contribution in [-0.2, 0) is 0 Å². The lowest BCUT2D eigenvalue weighted by Crippen LogP contribution is -2.12. The highest BCUT2D eigenvalue weighted by Gasteiger charge is 2.06. The van der Waals surface area contributed by atoms with E-state index < -0.39 is 0 Å². The molecule has 1 heterocycles. The average molecular weight is 323 g/mol. The maximum absolute atomic E-state index is 12.0. The van der Waals surface area contributed by atoms with E-state index in [-0.39, 0.29) is 5.91 Å². The molecule has 92 valence electrons. The van der Waals surface area contributed by atoms with Gasteiger partial charge in [-0.25, -0.2) is 4.98 Å². The van der Waals surface area contributed by atoms with E-state index in [1.165, 1.54) is 0 Å². The molecule has 0 fully saturated rings. The number of pyridine rings is 1. The molecule has 0 saturated carbocycles. The molecule has 2 aromatic rings. The van der Waals surface area contributed by atoms with Crippen LogP contribution in [0.15, 0.2) is 52.0 Å². The molecule has 1 aromatic carbocycles. The Kier molecular flexibility index (Phi) is 4.38. The first-order chi connectivity index (χ1) is 8.69. The molecule has 0 unspecified atom stereocenters. The van der Waals surface area contributed by atoms with Crippen LogP contribution in [0.3, 0.4) is 0 Å². The van der Waals surface area contributed by atoms with Crippen molar-refractivity contribution in [1.82, 2.24) is 4.98 Å². The van der Waals surface area contributed by atoms with E-state index in [1.54, 1.807) is 30.0 Å². The van der Waals surface area contributed by atoms with Gasteiger partial charge < -0.3 is 5.32 Å². The molecule has 0 bridgehead atoms. The molecule has 3 nitrogen and oxygen atoms in total. The molecule has 0 radical (unpaired) electrons. The lowest BCUT2D eigenvalue weighted by atomic mass is 10.2. The minimum absolute atomic E-state index is 0.159. The first kappa shape index (κ1) is 13.1. The number of anilines is 1. The highest BCUT2D eigenvalue weighted by atomic mass is 79.9. The zero-order chi connectivity index (χ0) is 13.0. The maximum atomic E-state index is 12.0. The van der Waals surface area contributed by atoms with Crippen LogP contribution in [0.2, 0.25) is 0 Å². The smallest absolute Gasteiger partial charge is 0.256 e. The number of nitrogens with one attached hydrogen (secondary N) is 1. The van der Waals surface area contributed by atoms with E-state index in [0.29, 0.717) is 16.0 Å². The van der Waals surface area contributed by atoms with Crippen LogP contribution >= 0.6 is 27.7 Å². The van der Waals surface area contributed by atoms with Crippen LogP contribution in [0.1, 0.15) is 10.4 Å². The number of hydrogen-bond acceptors (Lipinski definition) is 3. The number of aromatic nitrogens is 1. The van der Waals surface area contributed by atoms with Gasteiger partial charge in [0.2, 0.25) is 0 Å². The summed E-state index contributed by atoms with van der Waals surface area (Å²) in [4.78, 5) is 17.2. The summed E-state index contributed by atoms with van der Waals surface area (Å²) in [6.07, 6.45) is 2.00. The van der Waals surface area contributed by atoms with Crippen LogP contribution in [-0.4, -0.2) is 17.1 Å². The normalized spacial score (nSPS) is 10.1. The zero-order valence-corrected chi connectivity index (χ0v) is 12.1. The summed E-state index contributed by atoms with van der Waals surface area (Å²) in [5.41, 5.74) is 0.620. The van der Waals surface area contributed by atoms with Gasteiger partial charge in [0.05, 0.1) is 0 Å². The fourth-order valence-electron chi connectivity index (χ4n) is 1.41. The number of hydrogen-bond donors (Lipinski definition) is 1. The monoisotopic (exact) mass is 322 g/mol. The van der Waals surface area contributed by atoms with Gasteiger partial charge in [0.25, 0.3) is 5.91 Å². The van der Waals surface area contributed by atoms with Crippen molar-refractivity contribution in [2.75, 3.05) is 11.6 Å². The van der Waals surface area contributed by atoms with Gasteiger partial charge >= 0.3 is 0 Å². The Morgan fingerprint density at radius 1 is 1.22 bits per heavy atom. The molecular weight excluding hydrogens is 312 g/mol. The first-order valence-corrected chi connectivity index (χ1v) is 7.29. The molecule has 0 atom stereocenters. The average Bonchev–Trinajstić information content (AvgIpc) is 2.39. The summed E-state index contributed by atoms with van der Waals surface area (Å²) in [5, 5.41) is 2.75. The van der Waals surface area contributed by atoms with E-state index in [2.05, 4.69) is 26.2 Å². The number of rotatable bonds is 3. The Morgan fingerprint density at radius 3 is 2.56 bits per heavy atom. The largest absolute Gasteiger partial charge is 0.307 e. The van der Waals surface area contributed by atoms with Crippen LogP contribution in [0.5, 0.6) is 0 Å². The fraction of sp³-hybridized carbons (Fsp3) is 0.0769. The van der Waals surface area contributed by atoms with Crippen molar-refractivity contribution in [2.45, 2.75) is 4.90 Å². The van der Waals surface area contributed by atoms with E-state index in [0.717, 1.165) is 4.90 Å². The third-order valence-corrected chi connectivity index (χ3v) is 3.49. The van der Waals surface area contributed by atoms with Crippen LogP contribution in [0, 0.1) is 0 Å². The standard InChI is InChI=1S/C13H11BrN2OS/c1-18-10-7-5-9(6-8-10)13(17)16-12-4-2-3-11(14)15-12/h2-8H,1H3,(H,15,16,17). The van der Waals surface area contributed by atoms with Crippen molar-refractivity contribution in [1.29, 1.82) is 0 Å². The quantitative estimate of drug-likeness (QED) is 0.690. The SMILES string of the molecule is CSc1ccc(C(=O)Nc2cccc(Br)n2)cc1. The van der Waals surface area contributed by atoms with Crippen LogP contribution in [0.4, 0.5) is 5.82 Å². The number of carbonyl (C=O) groups is 1. The van der Waals surface area contributed by atoms with Gasteiger partial charge in [0.15, 0.2) is 0 Å². The molecule has 1 N–H and O–H groups in total. The lowest BCUT2D eigenvalue weighted by Gasteiger charge is -2.05. The molecule has 0 spiro atoms. The molecule has 2 rings (SSSR count). The van der Waals surface area contributed by atoms with Gasteiger partial charge in [-0.1, -0.05) is 6.07 Å². The molecule has 0 aliphatic rings. The second kappa shape index (κ2) is 6.02. The Labute approximate surface area is 118 Å². The highest BCUT2D eigenvalue weighted by molar-refractivity contribution is 9.10. The Morgan fingerprint density at radius 2 is 1.94 bits per heavy atom. The number of halogens is 1. The predicted molar refractivity (Wildman–Crippen MR) is 78.1 cm³/mol. The minimum atomic E-state index is -0.159. The Balaban J connectivity index is 2.11. The van der Waals surface area contributed by atoms with Gasteiger partial charge in [-0.15, -0.1) is 11.8 Å². The van der Waals surface area contributed by atoms with Gasteiger partial charge in [-0.05, 0) is 58.6 Å². The van der Waals surface area contributed by atoms with Gasteiger partial charge in [-0.3, -0.25) is 4.79 Å². The Hall–Kier alpha value is -1.33. The molecule has 5 heteroatoms. The summed E-state index contributed by atoms with van der Waals surface area (Å²) in [6, 6.07) is 12.8. The number of benzene rings is 1. The Bertz CT molecular complexity index is 557. The number of amides is 1. The molecular formula is C13H11BrN2OS. The van der Waals surface area contributed by atoms with Crippen LogP contribution < -0.4 is 5.32 Å². The summed E-state index contributed by atoms with van der Waals surface area (Å²) >= 11 is 4.91. The summed E-state index contributed by atoms with van der Waals surface area (Å²) in [5.74, 6) is 0.372. The van der Waals surface area contributed by atoms with Crippen molar-refractivity contribution < 1.29 is 4.79 Å². The summed E-state index contributed by atoms with van der Waals surface area (Å²) in [7, 11) is 0. The summed E-state index contributed by atoms with van der Waals surface area (Å²) in [6.45, 7) is 0.